The molecular weight excluding hydrogens is 407 g/mol. The van der Waals surface area contributed by atoms with Crippen LogP contribution in [0, 0.1) is 5.92 Å². The van der Waals surface area contributed by atoms with Gasteiger partial charge in [-0.2, -0.15) is 13.2 Å². The summed E-state index contributed by atoms with van der Waals surface area (Å²) < 4.78 is 49.6. The Kier molecular flexibility index (Phi) is 7.14. The molecule has 8 nitrogen and oxygen atoms in total. The van der Waals surface area contributed by atoms with Crippen molar-refractivity contribution in [3.63, 3.8) is 0 Å². The molecule has 0 saturated heterocycles. The van der Waals surface area contributed by atoms with Crippen LogP contribution in [0.4, 0.5) is 18.9 Å². The first-order chi connectivity index (χ1) is 13.2. The first-order valence-corrected chi connectivity index (χ1v) is 9.11. The van der Waals surface area contributed by atoms with Crippen LogP contribution in [0.3, 0.4) is 0 Å². The third-order valence-electron chi connectivity index (χ3n) is 3.71. The number of aromatic nitrogens is 2. The van der Waals surface area contributed by atoms with Crippen molar-refractivity contribution in [2.24, 2.45) is 5.92 Å². The summed E-state index contributed by atoms with van der Waals surface area (Å²) in [4.78, 5) is 31.6. The van der Waals surface area contributed by atoms with Gasteiger partial charge in [-0.05, 0) is 48.5 Å². The summed E-state index contributed by atoms with van der Waals surface area (Å²) in [5.74, 6) is -5.08. The standard InChI is InChI=1S/C19H28F3N3O5/c1-16(2,3)29-12(26)8-10(14(27)30-17(4,5)6)18(7,28)13-11(23)9-24-15(25-13)19(20,21)22/h9-10,28H,8,23H2,1-7H3. The number of hydrogen-bond acceptors (Lipinski definition) is 8. The summed E-state index contributed by atoms with van der Waals surface area (Å²) in [6.45, 7) is 10.5. The van der Waals surface area contributed by atoms with E-state index in [-0.39, 0.29) is 5.69 Å². The van der Waals surface area contributed by atoms with Crippen LogP contribution >= 0.6 is 0 Å². The third kappa shape index (κ3) is 7.12. The number of carbonyl (C=O) groups excluding carboxylic acids is 2. The van der Waals surface area contributed by atoms with Gasteiger partial charge < -0.3 is 20.3 Å². The maximum atomic E-state index is 13.1. The van der Waals surface area contributed by atoms with E-state index >= 15 is 0 Å². The van der Waals surface area contributed by atoms with Crippen molar-refractivity contribution in [2.45, 2.75) is 77.9 Å². The number of nitrogens with zero attached hydrogens (tertiary/aromatic N) is 2. The number of rotatable bonds is 5. The van der Waals surface area contributed by atoms with Crippen LogP contribution in [0.2, 0.25) is 0 Å². The van der Waals surface area contributed by atoms with Gasteiger partial charge in [-0.3, -0.25) is 9.59 Å². The zero-order valence-electron chi connectivity index (χ0n) is 18.0. The molecule has 0 aliphatic rings. The average molecular weight is 435 g/mol. The van der Waals surface area contributed by atoms with Gasteiger partial charge in [0.1, 0.15) is 22.7 Å². The molecule has 2 unspecified atom stereocenters. The van der Waals surface area contributed by atoms with E-state index in [0.717, 1.165) is 6.92 Å². The van der Waals surface area contributed by atoms with Crippen molar-refractivity contribution >= 4 is 17.6 Å². The smallest absolute Gasteiger partial charge is 0.451 e. The second-order valence-electron chi connectivity index (χ2n) is 9.02. The quantitative estimate of drug-likeness (QED) is 0.677. The molecule has 170 valence electrons. The fraction of sp³-hybridized carbons (Fsp3) is 0.684. The molecule has 0 aliphatic heterocycles. The molecule has 0 spiro atoms. The molecule has 0 fully saturated rings. The Hall–Kier alpha value is -2.43. The molecule has 2 atom stereocenters. The number of hydrogen-bond donors (Lipinski definition) is 2. The summed E-state index contributed by atoms with van der Waals surface area (Å²) in [7, 11) is 0. The van der Waals surface area contributed by atoms with Crippen LogP contribution in [0.5, 0.6) is 0 Å². The maximum Gasteiger partial charge on any atom is 0.451 e. The molecule has 1 rings (SSSR count). The van der Waals surface area contributed by atoms with Crippen molar-refractivity contribution in [1.82, 2.24) is 9.97 Å². The highest BCUT2D eigenvalue weighted by molar-refractivity contribution is 5.82. The zero-order chi connectivity index (χ0) is 23.7. The van der Waals surface area contributed by atoms with Crippen molar-refractivity contribution in [2.75, 3.05) is 5.73 Å². The molecule has 3 N–H and O–H groups in total. The largest absolute Gasteiger partial charge is 0.460 e. The van der Waals surface area contributed by atoms with Crippen molar-refractivity contribution in [1.29, 1.82) is 0 Å². The Morgan fingerprint density at radius 2 is 1.57 bits per heavy atom. The number of ether oxygens (including phenoxy) is 2. The van der Waals surface area contributed by atoms with E-state index in [2.05, 4.69) is 9.97 Å². The molecular formula is C19H28F3N3O5. The van der Waals surface area contributed by atoms with Crippen LogP contribution in [0.15, 0.2) is 6.20 Å². The monoisotopic (exact) mass is 435 g/mol. The van der Waals surface area contributed by atoms with E-state index in [1.165, 1.54) is 0 Å². The minimum absolute atomic E-state index is 0.384. The molecule has 0 aliphatic carbocycles. The van der Waals surface area contributed by atoms with Crippen molar-refractivity contribution in [3.8, 4) is 0 Å². The summed E-state index contributed by atoms with van der Waals surface area (Å²) in [5.41, 5.74) is 0.385. The molecule has 0 amide bonds. The van der Waals surface area contributed by atoms with Gasteiger partial charge >= 0.3 is 18.1 Å². The fourth-order valence-corrected chi connectivity index (χ4v) is 2.53. The minimum Gasteiger partial charge on any atom is -0.460 e. The number of halogens is 3. The lowest BCUT2D eigenvalue weighted by Crippen LogP contribution is -2.44. The molecule has 0 radical (unpaired) electrons. The lowest BCUT2D eigenvalue weighted by molar-refractivity contribution is -0.177. The second kappa shape index (κ2) is 8.37. The molecule has 1 aromatic rings. The normalized spacial score (nSPS) is 15.8. The van der Waals surface area contributed by atoms with Crippen LogP contribution < -0.4 is 5.73 Å². The average Bonchev–Trinajstić information content (AvgIpc) is 2.48. The first kappa shape index (κ1) is 25.6. The predicted octanol–water partition coefficient (Wildman–Crippen LogP) is 2.97. The zero-order valence-corrected chi connectivity index (χ0v) is 18.0. The Bertz CT molecular complexity index is 796. The van der Waals surface area contributed by atoms with Crippen molar-refractivity contribution < 1.29 is 37.3 Å². The van der Waals surface area contributed by atoms with Crippen molar-refractivity contribution in [3.05, 3.63) is 17.7 Å². The first-order valence-electron chi connectivity index (χ1n) is 9.11. The van der Waals surface area contributed by atoms with E-state index < -0.39 is 58.8 Å². The number of anilines is 1. The van der Waals surface area contributed by atoms with Gasteiger partial charge in [0.05, 0.1) is 24.0 Å². The van der Waals surface area contributed by atoms with E-state index in [1.807, 2.05) is 0 Å². The number of aliphatic hydroxyl groups is 1. The highest BCUT2D eigenvalue weighted by Crippen LogP contribution is 2.37. The summed E-state index contributed by atoms with van der Waals surface area (Å²) >= 11 is 0. The summed E-state index contributed by atoms with van der Waals surface area (Å²) in [6, 6.07) is 0. The topological polar surface area (TPSA) is 125 Å². The molecule has 11 heteroatoms. The fourth-order valence-electron chi connectivity index (χ4n) is 2.53. The number of carbonyl (C=O) groups is 2. The molecule has 0 saturated carbocycles. The summed E-state index contributed by atoms with van der Waals surface area (Å²) in [5, 5.41) is 11.1. The third-order valence-corrected chi connectivity index (χ3v) is 3.71. The van der Waals surface area contributed by atoms with Crippen LogP contribution in [-0.2, 0) is 30.8 Å². The molecule has 0 bridgehead atoms. The lowest BCUT2D eigenvalue weighted by atomic mass is 9.82. The number of esters is 2. The Balaban J connectivity index is 3.46. The van der Waals surface area contributed by atoms with Gasteiger partial charge in [-0.1, -0.05) is 0 Å². The number of nitrogens with two attached hydrogens (primary N) is 1. The Morgan fingerprint density at radius 3 is 2.00 bits per heavy atom. The Labute approximate surface area is 173 Å². The van der Waals surface area contributed by atoms with Gasteiger partial charge in [-0.25, -0.2) is 9.97 Å². The number of alkyl halides is 3. The van der Waals surface area contributed by atoms with Gasteiger partial charge in [0.2, 0.25) is 5.82 Å². The van der Waals surface area contributed by atoms with Gasteiger partial charge in [-0.15, -0.1) is 0 Å². The van der Waals surface area contributed by atoms with E-state index in [1.54, 1.807) is 41.5 Å². The lowest BCUT2D eigenvalue weighted by Gasteiger charge is -2.34. The SMILES string of the molecule is CC(C)(C)OC(=O)CC(C(=O)OC(C)(C)C)C(C)(O)c1nc(C(F)(F)F)ncc1N. The number of nitrogen functional groups attached to an aromatic ring is 1. The molecule has 30 heavy (non-hydrogen) atoms. The predicted molar refractivity (Wildman–Crippen MR) is 101 cm³/mol. The highest BCUT2D eigenvalue weighted by atomic mass is 19.4. The van der Waals surface area contributed by atoms with Crippen LogP contribution in [0.1, 0.15) is 66.4 Å². The maximum absolute atomic E-state index is 13.1. The minimum atomic E-state index is -4.91. The van der Waals surface area contributed by atoms with Gasteiger partial charge in [0.15, 0.2) is 0 Å². The van der Waals surface area contributed by atoms with Gasteiger partial charge in [0.25, 0.3) is 0 Å². The van der Waals surface area contributed by atoms with Gasteiger partial charge in [0, 0.05) is 0 Å². The molecule has 1 heterocycles. The Morgan fingerprint density at radius 1 is 1.07 bits per heavy atom. The van der Waals surface area contributed by atoms with Crippen LogP contribution in [0.25, 0.3) is 0 Å². The summed E-state index contributed by atoms with van der Waals surface area (Å²) in [6.07, 6.45) is -4.91. The van der Waals surface area contributed by atoms with E-state index in [4.69, 9.17) is 15.2 Å². The van der Waals surface area contributed by atoms with Crippen LogP contribution in [-0.4, -0.2) is 38.2 Å². The highest BCUT2D eigenvalue weighted by Gasteiger charge is 2.47. The molecule has 0 aromatic carbocycles. The van der Waals surface area contributed by atoms with E-state index in [0.29, 0.717) is 6.20 Å². The van der Waals surface area contributed by atoms with E-state index in [9.17, 15) is 27.9 Å². The second-order valence-corrected chi connectivity index (χ2v) is 9.02. The molecule has 1 aromatic heterocycles.